The average Bonchev–Trinajstić information content (AvgIpc) is 3.08. The number of anilines is 1. The maximum Gasteiger partial charge on any atom is 0.351 e. The second kappa shape index (κ2) is 16.5. The Morgan fingerprint density at radius 1 is 1.11 bits per heavy atom. The van der Waals surface area contributed by atoms with Crippen molar-refractivity contribution in [3.05, 3.63) is 34.9 Å². The summed E-state index contributed by atoms with van der Waals surface area (Å²) in [6.45, 7) is 1.70. The van der Waals surface area contributed by atoms with E-state index in [9.17, 15) is 23.5 Å². The topological polar surface area (TPSA) is 117 Å². The summed E-state index contributed by atoms with van der Waals surface area (Å²) in [6, 6.07) is 1.18. The summed E-state index contributed by atoms with van der Waals surface area (Å²) in [5.41, 5.74) is 4.35. The van der Waals surface area contributed by atoms with E-state index in [1.165, 1.54) is 44.6 Å². The SMILES string of the molecule is CCCCCCCCC=CCCCCCCCC(=O)OC[C@H]1O[C@@H](n2ccc(N)nc2=O)C(F)(F)[C@@H]1O. The molecular formula is C27H43F2N3O5. The first-order valence-electron chi connectivity index (χ1n) is 13.6. The van der Waals surface area contributed by atoms with Crippen LogP contribution in [0.2, 0.25) is 0 Å². The molecule has 1 fully saturated rings. The van der Waals surface area contributed by atoms with Gasteiger partial charge < -0.3 is 20.3 Å². The molecule has 0 unspecified atom stereocenters. The Morgan fingerprint density at radius 3 is 2.32 bits per heavy atom. The molecule has 0 saturated carbocycles. The molecule has 210 valence electrons. The average molecular weight is 528 g/mol. The lowest BCUT2D eigenvalue weighted by Gasteiger charge is -2.20. The van der Waals surface area contributed by atoms with Crippen LogP contribution in [-0.2, 0) is 14.3 Å². The number of nitrogen functional groups attached to an aromatic ring is 1. The Kier molecular flexibility index (Phi) is 13.8. The molecular weight excluding hydrogens is 484 g/mol. The number of hydrogen-bond donors (Lipinski definition) is 2. The van der Waals surface area contributed by atoms with Crippen molar-refractivity contribution in [3.8, 4) is 0 Å². The van der Waals surface area contributed by atoms with Crippen LogP contribution in [0.1, 0.15) is 103 Å². The van der Waals surface area contributed by atoms with E-state index in [4.69, 9.17) is 15.2 Å². The summed E-state index contributed by atoms with van der Waals surface area (Å²) in [5, 5.41) is 9.99. The van der Waals surface area contributed by atoms with Crippen molar-refractivity contribution < 1.29 is 28.2 Å². The van der Waals surface area contributed by atoms with Crippen molar-refractivity contribution in [2.45, 2.75) is 121 Å². The Morgan fingerprint density at radius 2 is 1.70 bits per heavy atom. The zero-order valence-corrected chi connectivity index (χ0v) is 22.0. The third kappa shape index (κ3) is 10.5. The molecule has 37 heavy (non-hydrogen) atoms. The Bertz CT molecular complexity index is 893. The van der Waals surface area contributed by atoms with Crippen molar-refractivity contribution in [3.63, 3.8) is 0 Å². The number of alkyl halides is 2. The zero-order valence-electron chi connectivity index (χ0n) is 22.0. The minimum absolute atomic E-state index is 0.121. The van der Waals surface area contributed by atoms with Gasteiger partial charge in [0.15, 0.2) is 6.10 Å². The number of nitrogens with two attached hydrogens (primary N) is 1. The van der Waals surface area contributed by atoms with E-state index in [1.807, 2.05) is 0 Å². The highest BCUT2D eigenvalue weighted by atomic mass is 19.3. The number of esters is 1. The van der Waals surface area contributed by atoms with Crippen LogP contribution in [0, 0.1) is 0 Å². The molecule has 2 rings (SSSR count). The monoisotopic (exact) mass is 527 g/mol. The standard InChI is InChI=1S/C27H43F2N3O5/c1-2-3-4-5-6-7-8-9-10-11-12-13-14-15-16-17-23(33)36-20-21-24(34)27(28,29)25(37-21)32-19-18-22(30)31-26(32)35/h9-10,18-19,21,24-25,34H,2-8,11-17,20H2,1H3,(H2,30,31,35)/t21-,24-,25-/m1/s1. The molecule has 1 aliphatic rings. The van der Waals surface area contributed by atoms with Crippen LogP contribution in [0.25, 0.3) is 0 Å². The molecule has 1 aliphatic heterocycles. The molecule has 0 radical (unpaired) electrons. The van der Waals surface area contributed by atoms with Crippen LogP contribution in [-0.4, -0.2) is 45.4 Å². The maximum absolute atomic E-state index is 14.5. The molecule has 1 aromatic heterocycles. The number of rotatable bonds is 18. The Labute approximate surface area is 218 Å². The van der Waals surface area contributed by atoms with E-state index in [-0.39, 0.29) is 12.2 Å². The quantitative estimate of drug-likeness (QED) is 0.151. The van der Waals surface area contributed by atoms with E-state index >= 15 is 0 Å². The highest BCUT2D eigenvalue weighted by Gasteiger charge is 2.60. The lowest BCUT2D eigenvalue weighted by Crippen LogP contribution is -2.42. The van der Waals surface area contributed by atoms with Gasteiger partial charge in [-0.15, -0.1) is 0 Å². The van der Waals surface area contributed by atoms with Crippen LogP contribution >= 0.6 is 0 Å². The number of nitrogens with zero attached hydrogens (tertiary/aromatic N) is 2. The number of allylic oxidation sites excluding steroid dienone is 2. The van der Waals surface area contributed by atoms with Gasteiger partial charge in [-0.1, -0.05) is 70.4 Å². The Balaban J connectivity index is 1.54. The molecule has 3 atom stereocenters. The molecule has 8 nitrogen and oxygen atoms in total. The number of unbranched alkanes of at least 4 members (excludes halogenated alkanes) is 11. The molecule has 3 N–H and O–H groups in total. The minimum Gasteiger partial charge on any atom is -0.463 e. The van der Waals surface area contributed by atoms with E-state index in [0.29, 0.717) is 11.0 Å². The van der Waals surface area contributed by atoms with E-state index < -0.39 is 42.6 Å². The summed E-state index contributed by atoms with van der Waals surface area (Å²) < 4.78 is 39.8. The van der Waals surface area contributed by atoms with Crippen molar-refractivity contribution in [2.24, 2.45) is 0 Å². The third-order valence-corrected chi connectivity index (χ3v) is 6.53. The maximum atomic E-state index is 14.5. The number of carbonyl (C=O) groups excluding carboxylic acids is 1. The fourth-order valence-corrected chi connectivity index (χ4v) is 4.30. The summed E-state index contributed by atoms with van der Waals surface area (Å²) in [5.74, 6) is -4.43. The summed E-state index contributed by atoms with van der Waals surface area (Å²) >= 11 is 0. The van der Waals surface area contributed by atoms with Gasteiger partial charge in [-0.2, -0.15) is 13.8 Å². The van der Waals surface area contributed by atoms with Gasteiger partial charge in [0.1, 0.15) is 18.5 Å². The van der Waals surface area contributed by atoms with E-state index in [2.05, 4.69) is 24.1 Å². The van der Waals surface area contributed by atoms with Crippen LogP contribution < -0.4 is 11.4 Å². The van der Waals surface area contributed by atoms with Crippen LogP contribution in [0.4, 0.5) is 14.6 Å². The van der Waals surface area contributed by atoms with Crippen LogP contribution in [0.5, 0.6) is 0 Å². The first kappa shape index (κ1) is 30.9. The number of aromatic nitrogens is 2. The molecule has 2 heterocycles. The molecule has 1 aromatic rings. The number of aliphatic hydroxyl groups excluding tert-OH is 1. The van der Waals surface area contributed by atoms with Crippen molar-refractivity contribution in [1.29, 1.82) is 0 Å². The van der Waals surface area contributed by atoms with Gasteiger partial charge in [0, 0.05) is 12.6 Å². The number of hydrogen-bond acceptors (Lipinski definition) is 7. The van der Waals surface area contributed by atoms with Crippen LogP contribution in [0.15, 0.2) is 29.2 Å². The largest absolute Gasteiger partial charge is 0.463 e. The summed E-state index contributed by atoms with van der Waals surface area (Å²) in [6.07, 6.45) is 14.8. The lowest BCUT2D eigenvalue weighted by atomic mass is 10.1. The molecule has 1 saturated heterocycles. The highest BCUT2D eigenvalue weighted by molar-refractivity contribution is 5.69. The third-order valence-electron chi connectivity index (χ3n) is 6.53. The molecule has 0 aliphatic carbocycles. The van der Waals surface area contributed by atoms with Gasteiger partial charge in [0.25, 0.3) is 0 Å². The van der Waals surface area contributed by atoms with Gasteiger partial charge in [0.05, 0.1) is 0 Å². The number of carbonyl (C=O) groups is 1. The summed E-state index contributed by atoms with van der Waals surface area (Å²) in [4.78, 5) is 27.3. The smallest absolute Gasteiger partial charge is 0.351 e. The van der Waals surface area contributed by atoms with Gasteiger partial charge in [0.2, 0.25) is 6.23 Å². The number of ether oxygens (including phenoxy) is 2. The predicted octanol–water partition coefficient (Wildman–Crippen LogP) is 5.30. The van der Waals surface area contributed by atoms with E-state index in [1.54, 1.807) is 0 Å². The first-order chi connectivity index (χ1) is 17.8. The summed E-state index contributed by atoms with van der Waals surface area (Å²) in [7, 11) is 0. The molecule has 0 spiro atoms. The predicted molar refractivity (Wildman–Crippen MR) is 138 cm³/mol. The van der Waals surface area contributed by atoms with Crippen molar-refractivity contribution in [2.75, 3.05) is 12.3 Å². The van der Waals surface area contributed by atoms with Crippen LogP contribution in [0.3, 0.4) is 0 Å². The first-order valence-corrected chi connectivity index (χ1v) is 13.6. The molecule has 0 aromatic carbocycles. The lowest BCUT2D eigenvalue weighted by molar-refractivity contribution is -0.150. The minimum atomic E-state index is -3.78. The highest BCUT2D eigenvalue weighted by Crippen LogP contribution is 2.42. The second-order valence-corrected chi connectivity index (χ2v) is 9.71. The van der Waals surface area contributed by atoms with Gasteiger partial charge >= 0.3 is 17.6 Å². The fraction of sp³-hybridized carbons (Fsp3) is 0.741. The van der Waals surface area contributed by atoms with Crippen molar-refractivity contribution in [1.82, 2.24) is 9.55 Å². The fourth-order valence-electron chi connectivity index (χ4n) is 4.30. The van der Waals surface area contributed by atoms with E-state index in [0.717, 1.165) is 44.7 Å². The molecule has 0 bridgehead atoms. The number of halogens is 2. The Hall–Kier alpha value is -2.33. The van der Waals surface area contributed by atoms with Gasteiger partial charge in [-0.05, 0) is 38.2 Å². The van der Waals surface area contributed by atoms with Crippen molar-refractivity contribution >= 4 is 11.8 Å². The zero-order chi connectivity index (χ0) is 27.1. The second-order valence-electron chi connectivity index (χ2n) is 9.71. The molecule has 0 amide bonds. The van der Waals surface area contributed by atoms with Gasteiger partial charge in [-0.25, -0.2) is 4.79 Å². The van der Waals surface area contributed by atoms with Gasteiger partial charge in [-0.3, -0.25) is 9.36 Å². The normalized spacial score (nSPS) is 21.0. The number of aliphatic hydroxyl groups is 1. The molecule has 10 heteroatoms.